The number of carbonyl (C=O) groups is 2. The van der Waals surface area contributed by atoms with Crippen molar-refractivity contribution >= 4 is 28.4 Å². The molecule has 6 nitrogen and oxygen atoms in total. The number of hydrogen-bond acceptors (Lipinski definition) is 4. The third kappa shape index (κ3) is 3.76. The first kappa shape index (κ1) is 14.9. The van der Waals surface area contributed by atoms with E-state index in [1.54, 1.807) is 6.07 Å². The number of aromatic nitrogens is 1. The average Bonchev–Trinajstić information content (AvgIpc) is 2.52. The first-order valence-corrected chi connectivity index (χ1v) is 6.71. The van der Waals surface area contributed by atoms with Crippen LogP contribution in [0.1, 0.15) is 13.3 Å². The normalized spacial score (nSPS) is 11.9. The fourth-order valence-electron chi connectivity index (χ4n) is 1.86. The summed E-state index contributed by atoms with van der Waals surface area (Å²) < 4.78 is 0. The van der Waals surface area contributed by atoms with Crippen molar-refractivity contribution in [1.82, 2.24) is 10.3 Å². The maximum atomic E-state index is 11.8. The molecule has 0 bridgehead atoms. The van der Waals surface area contributed by atoms with Crippen molar-refractivity contribution < 1.29 is 14.7 Å². The van der Waals surface area contributed by atoms with Crippen molar-refractivity contribution in [2.45, 2.75) is 19.4 Å². The Morgan fingerprint density at radius 2 is 2.05 bits per heavy atom. The fourth-order valence-corrected chi connectivity index (χ4v) is 1.86. The van der Waals surface area contributed by atoms with Gasteiger partial charge in [-0.25, -0.2) is 0 Å². The third-order valence-corrected chi connectivity index (χ3v) is 3.10. The van der Waals surface area contributed by atoms with Crippen molar-refractivity contribution in [3.63, 3.8) is 0 Å². The maximum Gasteiger partial charge on any atom is 0.313 e. The van der Waals surface area contributed by atoms with Crippen molar-refractivity contribution in [3.05, 3.63) is 36.5 Å². The van der Waals surface area contributed by atoms with E-state index in [-0.39, 0.29) is 6.61 Å². The number of pyridine rings is 1. The van der Waals surface area contributed by atoms with E-state index >= 15 is 0 Å². The van der Waals surface area contributed by atoms with Gasteiger partial charge in [-0.15, -0.1) is 0 Å². The van der Waals surface area contributed by atoms with Gasteiger partial charge in [-0.3, -0.25) is 14.6 Å². The van der Waals surface area contributed by atoms with Gasteiger partial charge in [0.25, 0.3) is 0 Å². The van der Waals surface area contributed by atoms with Gasteiger partial charge in [0.2, 0.25) is 0 Å². The van der Waals surface area contributed by atoms with Gasteiger partial charge in [0.05, 0.1) is 30.0 Å². The van der Waals surface area contributed by atoms with Crippen LogP contribution in [0.15, 0.2) is 36.5 Å². The first-order chi connectivity index (χ1) is 10.1. The van der Waals surface area contributed by atoms with E-state index in [1.807, 2.05) is 31.2 Å². The van der Waals surface area contributed by atoms with E-state index in [2.05, 4.69) is 15.6 Å². The molecule has 0 saturated carbocycles. The molecule has 110 valence electrons. The summed E-state index contributed by atoms with van der Waals surface area (Å²) in [7, 11) is 0. The Bertz CT molecular complexity index is 653. The average molecular weight is 287 g/mol. The topological polar surface area (TPSA) is 91.3 Å². The monoisotopic (exact) mass is 287 g/mol. The van der Waals surface area contributed by atoms with E-state index in [4.69, 9.17) is 5.11 Å². The minimum absolute atomic E-state index is 0.201. The lowest BCUT2D eigenvalue weighted by Crippen LogP contribution is -2.43. The van der Waals surface area contributed by atoms with Gasteiger partial charge in [-0.1, -0.05) is 25.1 Å². The fraction of sp³-hybridized carbons (Fsp3) is 0.267. The smallest absolute Gasteiger partial charge is 0.313 e. The lowest BCUT2D eigenvalue weighted by molar-refractivity contribution is -0.136. The Morgan fingerprint density at radius 3 is 2.76 bits per heavy atom. The number of rotatable bonds is 4. The molecule has 2 amide bonds. The van der Waals surface area contributed by atoms with Crippen LogP contribution in [0.25, 0.3) is 10.9 Å². The lowest BCUT2D eigenvalue weighted by atomic mass is 10.2. The van der Waals surface area contributed by atoms with Gasteiger partial charge in [-0.05, 0) is 18.6 Å². The molecule has 2 aromatic rings. The highest BCUT2D eigenvalue weighted by atomic mass is 16.3. The van der Waals surface area contributed by atoms with Gasteiger partial charge in [-0.2, -0.15) is 0 Å². The number of hydrogen-bond donors (Lipinski definition) is 3. The van der Waals surface area contributed by atoms with Crippen molar-refractivity contribution in [2.24, 2.45) is 0 Å². The summed E-state index contributed by atoms with van der Waals surface area (Å²) in [6.45, 7) is 1.61. The van der Waals surface area contributed by atoms with Crippen LogP contribution >= 0.6 is 0 Å². The second-order valence-electron chi connectivity index (χ2n) is 4.63. The molecule has 21 heavy (non-hydrogen) atoms. The molecule has 0 aliphatic rings. The minimum atomic E-state index is -0.779. The largest absolute Gasteiger partial charge is 0.394 e. The van der Waals surface area contributed by atoms with Crippen LogP contribution in [-0.2, 0) is 9.59 Å². The molecule has 1 atom stereocenters. The van der Waals surface area contributed by atoms with Crippen molar-refractivity contribution in [1.29, 1.82) is 0 Å². The van der Waals surface area contributed by atoms with Gasteiger partial charge < -0.3 is 15.7 Å². The molecular weight excluding hydrogens is 270 g/mol. The Kier molecular flexibility index (Phi) is 4.84. The highest BCUT2D eigenvalue weighted by Crippen LogP contribution is 2.15. The molecule has 1 heterocycles. The van der Waals surface area contributed by atoms with Crippen LogP contribution in [-0.4, -0.2) is 34.6 Å². The molecule has 1 aromatic heterocycles. The molecule has 3 N–H and O–H groups in total. The number of amides is 2. The van der Waals surface area contributed by atoms with Gasteiger partial charge in [0.1, 0.15) is 0 Å². The zero-order valence-electron chi connectivity index (χ0n) is 11.7. The quantitative estimate of drug-likeness (QED) is 0.733. The lowest BCUT2D eigenvalue weighted by Gasteiger charge is -2.13. The van der Waals surface area contributed by atoms with Crippen LogP contribution in [0.5, 0.6) is 0 Å². The second-order valence-corrected chi connectivity index (χ2v) is 4.63. The van der Waals surface area contributed by atoms with E-state index < -0.39 is 17.9 Å². The molecule has 1 unspecified atom stereocenters. The predicted octanol–water partition coefficient (Wildman–Crippen LogP) is 1.06. The molecule has 0 spiro atoms. The Hall–Kier alpha value is -2.47. The molecule has 0 saturated heterocycles. The number of aliphatic hydroxyl groups excluding tert-OH is 1. The van der Waals surface area contributed by atoms with Crippen molar-refractivity contribution in [2.75, 3.05) is 11.9 Å². The second kappa shape index (κ2) is 6.81. The zero-order chi connectivity index (χ0) is 15.2. The SMILES string of the molecule is CCC(CO)NC(=O)C(=O)Nc1cnc2ccccc2c1. The van der Waals surface area contributed by atoms with Gasteiger partial charge >= 0.3 is 11.8 Å². The Labute approximate surface area is 122 Å². The summed E-state index contributed by atoms with van der Waals surface area (Å²) >= 11 is 0. The maximum absolute atomic E-state index is 11.8. The van der Waals surface area contributed by atoms with E-state index in [9.17, 15) is 9.59 Å². The van der Waals surface area contributed by atoms with Crippen LogP contribution in [0.3, 0.4) is 0 Å². The standard InChI is InChI=1S/C15H17N3O3/c1-2-11(9-19)17-14(20)15(21)18-12-7-10-5-3-4-6-13(10)16-8-12/h3-8,11,19H,2,9H2,1H3,(H,17,20)(H,18,21). The number of fused-ring (bicyclic) bond motifs is 1. The van der Waals surface area contributed by atoms with Crippen LogP contribution < -0.4 is 10.6 Å². The number of benzene rings is 1. The molecule has 2 rings (SSSR count). The Morgan fingerprint density at radius 1 is 1.29 bits per heavy atom. The number of aliphatic hydroxyl groups is 1. The highest BCUT2D eigenvalue weighted by molar-refractivity contribution is 6.39. The first-order valence-electron chi connectivity index (χ1n) is 6.71. The number of anilines is 1. The minimum Gasteiger partial charge on any atom is -0.394 e. The molecule has 6 heteroatoms. The molecule has 1 aromatic carbocycles. The number of carbonyl (C=O) groups excluding carboxylic acids is 2. The summed E-state index contributed by atoms with van der Waals surface area (Å²) in [5, 5.41) is 14.8. The summed E-state index contributed by atoms with van der Waals surface area (Å²) in [5.74, 6) is -1.55. The molecule has 0 fully saturated rings. The Balaban J connectivity index is 2.05. The summed E-state index contributed by atoms with van der Waals surface area (Å²) in [5.41, 5.74) is 1.26. The van der Waals surface area contributed by atoms with Gasteiger partial charge in [0, 0.05) is 5.39 Å². The third-order valence-electron chi connectivity index (χ3n) is 3.10. The molecule has 0 aliphatic carbocycles. The van der Waals surface area contributed by atoms with Crippen LogP contribution in [0, 0.1) is 0 Å². The summed E-state index contributed by atoms with van der Waals surface area (Å²) in [6.07, 6.45) is 2.05. The zero-order valence-corrected chi connectivity index (χ0v) is 11.7. The van der Waals surface area contributed by atoms with Crippen molar-refractivity contribution in [3.8, 4) is 0 Å². The van der Waals surface area contributed by atoms with E-state index in [0.29, 0.717) is 12.1 Å². The number of para-hydroxylation sites is 1. The van der Waals surface area contributed by atoms with E-state index in [1.165, 1.54) is 6.20 Å². The summed E-state index contributed by atoms with van der Waals surface area (Å²) in [4.78, 5) is 27.7. The number of nitrogens with one attached hydrogen (secondary N) is 2. The predicted molar refractivity (Wildman–Crippen MR) is 79.7 cm³/mol. The highest BCUT2D eigenvalue weighted by Gasteiger charge is 2.17. The summed E-state index contributed by atoms with van der Waals surface area (Å²) in [6, 6.07) is 8.81. The van der Waals surface area contributed by atoms with Crippen LogP contribution in [0.2, 0.25) is 0 Å². The molecule has 0 aliphatic heterocycles. The molecular formula is C15H17N3O3. The van der Waals surface area contributed by atoms with E-state index in [0.717, 1.165) is 10.9 Å². The molecule has 0 radical (unpaired) electrons. The van der Waals surface area contributed by atoms with Gasteiger partial charge in [0.15, 0.2) is 0 Å². The van der Waals surface area contributed by atoms with Crippen LogP contribution in [0.4, 0.5) is 5.69 Å². The number of nitrogens with zero attached hydrogens (tertiary/aromatic N) is 1.